The normalized spacial score (nSPS) is 9.76. The molecule has 218 valence electrons. The van der Waals surface area contributed by atoms with Crippen molar-refractivity contribution in [2.45, 2.75) is 6.92 Å². The van der Waals surface area contributed by atoms with E-state index in [0.717, 1.165) is 12.1 Å². The van der Waals surface area contributed by atoms with Gasteiger partial charge in [-0.25, -0.2) is 28.9 Å². The molecule has 4 rings (SSSR count). The van der Waals surface area contributed by atoms with E-state index in [4.69, 9.17) is 56.2 Å². The maximum atomic E-state index is 13.6. The van der Waals surface area contributed by atoms with Crippen LogP contribution >= 0.6 is 46.4 Å². The van der Waals surface area contributed by atoms with Gasteiger partial charge >= 0.3 is 11.9 Å². The first-order valence-electron chi connectivity index (χ1n) is 11.5. The van der Waals surface area contributed by atoms with E-state index in [1.165, 1.54) is 48.9 Å². The van der Waals surface area contributed by atoms with Gasteiger partial charge in [-0.1, -0.05) is 34.8 Å². The van der Waals surface area contributed by atoms with Gasteiger partial charge in [0.1, 0.15) is 21.3 Å². The SMILES string of the molecule is CCOC(=O)c1cc(F)cc(NC(=O)c2cccnc2Cl)c1.O=C(Cl)c1cccnc1Cl.O=C(O)c1cccnc1Cl. The summed E-state index contributed by atoms with van der Waals surface area (Å²) < 4.78 is 18.4. The number of carbonyl (C=O) groups excluding carboxylic acids is 3. The van der Waals surface area contributed by atoms with Crippen molar-refractivity contribution in [3.8, 4) is 0 Å². The Hall–Kier alpha value is -4.16. The van der Waals surface area contributed by atoms with Crippen LogP contribution in [0.4, 0.5) is 10.1 Å². The van der Waals surface area contributed by atoms with Crippen LogP contribution in [0.25, 0.3) is 0 Å². The van der Waals surface area contributed by atoms with Crippen molar-refractivity contribution in [3.63, 3.8) is 0 Å². The van der Waals surface area contributed by atoms with Crippen LogP contribution in [-0.2, 0) is 4.74 Å². The van der Waals surface area contributed by atoms with Crippen LogP contribution in [-0.4, -0.2) is 49.8 Å². The molecule has 4 aromatic rings. The molecular formula is C27H19Cl4FN4O6. The van der Waals surface area contributed by atoms with E-state index in [0.29, 0.717) is 0 Å². The van der Waals surface area contributed by atoms with Gasteiger partial charge in [0.15, 0.2) is 0 Å². The third-order valence-corrected chi connectivity index (χ3v) is 5.74. The fraction of sp³-hybridized carbons (Fsp3) is 0.0741. The minimum absolute atomic E-state index is 0.00873. The summed E-state index contributed by atoms with van der Waals surface area (Å²) in [5, 5.41) is 10.5. The minimum Gasteiger partial charge on any atom is -0.478 e. The van der Waals surface area contributed by atoms with Crippen LogP contribution < -0.4 is 5.32 Å². The number of ether oxygens (including phenoxy) is 1. The van der Waals surface area contributed by atoms with Crippen LogP contribution in [0.15, 0.2) is 73.2 Å². The summed E-state index contributed by atoms with van der Waals surface area (Å²) >= 11 is 21.9. The Kier molecular flexibility index (Phi) is 13.7. The highest BCUT2D eigenvalue weighted by Crippen LogP contribution is 2.18. The highest BCUT2D eigenvalue weighted by molar-refractivity contribution is 6.68. The average molecular weight is 656 g/mol. The largest absolute Gasteiger partial charge is 0.478 e. The van der Waals surface area contributed by atoms with E-state index < -0.39 is 28.9 Å². The summed E-state index contributed by atoms with van der Waals surface area (Å²) in [5.74, 6) is -2.95. The first-order valence-corrected chi connectivity index (χ1v) is 13.0. The quantitative estimate of drug-likeness (QED) is 0.129. The molecule has 0 saturated carbocycles. The second-order valence-electron chi connectivity index (χ2n) is 7.51. The second-order valence-corrected chi connectivity index (χ2v) is 8.92. The molecule has 10 nitrogen and oxygen atoms in total. The molecule has 0 unspecified atom stereocenters. The standard InChI is InChI=1S/C15H12ClFN2O3.C6H3Cl2NO.C6H4ClNO2/c1-2-22-15(21)9-6-10(17)8-11(7-9)19-14(20)12-4-3-5-18-13(12)16;7-5-4(6(8)10)2-1-3-9-5;7-5-4(6(9)10)2-1-3-8-5/h3-8H,2H2,1H3,(H,19,20);1-3H;1-3H,(H,9,10). The topological polar surface area (TPSA) is 148 Å². The first-order chi connectivity index (χ1) is 19.9. The number of esters is 1. The summed E-state index contributed by atoms with van der Waals surface area (Å²) in [6.45, 7) is 1.81. The molecule has 0 radical (unpaired) electrons. The maximum Gasteiger partial charge on any atom is 0.338 e. The number of aromatic nitrogens is 3. The molecule has 0 aliphatic rings. The number of halogens is 5. The van der Waals surface area contributed by atoms with Gasteiger partial charge in [0.2, 0.25) is 0 Å². The highest BCUT2D eigenvalue weighted by Gasteiger charge is 2.14. The number of carbonyl (C=O) groups is 4. The molecule has 0 aliphatic carbocycles. The number of hydrogen-bond donors (Lipinski definition) is 2. The number of anilines is 1. The lowest BCUT2D eigenvalue weighted by Crippen LogP contribution is -2.14. The van der Waals surface area contributed by atoms with Gasteiger partial charge in [0.05, 0.1) is 28.9 Å². The summed E-state index contributed by atoms with van der Waals surface area (Å²) in [4.78, 5) is 55.5. The molecule has 1 aromatic carbocycles. The van der Waals surface area contributed by atoms with E-state index in [-0.39, 0.29) is 50.0 Å². The first kappa shape index (κ1) is 34.0. The Bertz CT molecular complexity index is 1540. The number of carboxylic acids is 1. The molecular weight excluding hydrogens is 637 g/mol. The molecule has 0 aliphatic heterocycles. The molecule has 1 amide bonds. The Morgan fingerprint density at radius 3 is 1.74 bits per heavy atom. The monoisotopic (exact) mass is 654 g/mol. The van der Waals surface area contributed by atoms with Crippen LogP contribution in [0.3, 0.4) is 0 Å². The highest BCUT2D eigenvalue weighted by atomic mass is 35.5. The van der Waals surface area contributed by atoms with Gasteiger partial charge in [-0.05, 0) is 73.1 Å². The Labute approximate surface area is 258 Å². The van der Waals surface area contributed by atoms with Crippen molar-refractivity contribution in [2.75, 3.05) is 11.9 Å². The lowest BCUT2D eigenvalue weighted by molar-refractivity contribution is 0.0525. The van der Waals surface area contributed by atoms with Gasteiger partial charge in [-0.15, -0.1) is 0 Å². The Balaban J connectivity index is 0.000000254. The van der Waals surface area contributed by atoms with Crippen molar-refractivity contribution in [3.05, 3.63) is 117 Å². The average Bonchev–Trinajstić information content (AvgIpc) is 2.94. The van der Waals surface area contributed by atoms with Crippen LogP contribution in [0.5, 0.6) is 0 Å². The molecule has 3 heterocycles. The molecule has 0 saturated heterocycles. The summed E-state index contributed by atoms with van der Waals surface area (Å²) in [5.41, 5.74) is 0.545. The fourth-order valence-electron chi connectivity index (χ4n) is 2.83. The van der Waals surface area contributed by atoms with E-state index in [1.807, 2.05) is 0 Å². The maximum absolute atomic E-state index is 13.6. The van der Waals surface area contributed by atoms with E-state index in [1.54, 1.807) is 19.1 Å². The number of pyridine rings is 3. The number of amides is 1. The molecule has 15 heteroatoms. The molecule has 2 N–H and O–H groups in total. The molecule has 0 bridgehead atoms. The van der Waals surface area contributed by atoms with E-state index in [2.05, 4.69) is 20.3 Å². The van der Waals surface area contributed by atoms with Crippen molar-refractivity contribution in [1.82, 2.24) is 15.0 Å². The number of rotatable bonds is 6. The predicted octanol–water partition coefficient (Wildman–Crippen LogP) is 6.85. The number of nitrogens with one attached hydrogen (secondary N) is 1. The second kappa shape index (κ2) is 16.9. The number of aromatic carboxylic acids is 1. The lowest BCUT2D eigenvalue weighted by atomic mass is 10.2. The number of benzene rings is 1. The molecule has 0 fully saturated rings. The van der Waals surface area contributed by atoms with Crippen molar-refractivity contribution >= 4 is 75.2 Å². The Morgan fingerprint density at radius 2 is 1.33 bits per heavy atom. The van der Waals surface area contributed by atoms with Gasteiger partial charge in [-0.3, -0.25) is 9.59 Å². The summed E-state index contributed by atoms with van der Waals surface area (Å²) in [7, 11) is 0. The molecule has 0 spiro atoms. The zero-order valence-corrected chi connectivity index (χ0v) is 24.4. The number of carboxylic acid groups (broad SMARTS) is 1. The Morgan fingerprint density at radius 1 is 0.833 bits per heavy atom. The predicted molar refractivity (Wildman–Crippen MR) is 155 cm³/mol. The molecule has 42 heavy (non-hydrogen) atoms. The zero-order valence-electron chi connectivity index (χ0n) is 21.4. The van der Waals surface area contributed by atoms with Crippen molar-refractivity contribution in [2.24, 2.45) is 0 Å². The fourth-order valence-corrected chi connectivity index (χ4v) is 3.64. The zero-order chi connectivity index (χ0) is 31.2. The van der Waals surface area contributed by atoms with Crippen molar-refractivity contribution < 1.29 is 33.4 Å². The van der Waals surface area contributed by atoms with E-state index >= 15 is 0 Å². The van der Waals surface area contributed by atoms with Gasteiger partial charge < -0.3 is 15.2 Å². The smallest absolute Gasteiger partial charge is 0.338 e. The third-order valence-electron chi connectivity index (χ3n) is 4.63. The molecule has 3 aromatic heterocycles. The van der Waals surface area contributed by atoms with Crippen LogP contribution in [0, 0.1) is 5.82 Å². The van der Waals surface area contributed by atoms with Gasteiger partial charge in [0.25, 0.3) is 11.1 Å². The van der Waals surface area contributed by atoms with E-state index in [9.17, 15) is 23.6 Å². The van der Waals surface area contributed by atoms with Gasteiger partial charge in [0, 0.05) is 24.3 Å². The number of nitrogens with zero attached hydrogens (tertiary/aromatic N) is 3. The van der Waals surface area contributed by atoms with Crippen LogP contribution in [0.1, 0.15) is 48.4 Å². The third kappa shape index (κ3) is 10.7. The minimum atomic E-state index is -1.06. The van der Waals surface area contributed by atoms with Crippen LogP contribution in [0.2, 0.25) is 15.5 Å². The van der Waals surface area contributed by atoms with Crippen molar-refractivity contribution in [1.29, 1.82) is 0 Å². The summed E-state index contributed by atoms with van der Waals surface area (Å²) in [6.07, 6.45) is 4.38. The molecule has 0 atom stereocenters. The number of hydrogen-bond acceptors (Lipinski definition) is 8. The summed E-state index contributed by atoms with van der Waals surface area (Å²) in [6, 6.07) is 12.5. The van der Waals surface area contributed by atoms with Gasteiger partial charge in [-0.2, -0.15) is 0 Å². The lowest BCUT2D eigenvalue weighted by Gasteiger charge is -2.08.